The van der Waals surface area contributed by atoms with Gasteiger partial charge in [0, 0.05) is 25.3 Å². The number of rotatable bonds is 7. The van der Waals surface area contributed by atoms with E-state index in [4.69, 9.17) is 0 Å². The summed E-state index contributed by atoms with van der Waals surface area (Å²) in [5.41, 5.74) is 0.371. The number of benzene rings is 1. The maximum absolute atomic E-state index is 11.7. The van der Waals surface area contributed by atoms with Crippen LogP contribution in [0.15, 0.2) is 29.2 Å². The molecule has 0 spiro atoms. The van der Waals surface area contributed by atoms with Gasteiger partial charge in [0.2, 0.25) is 11.8 Å². The molecule has 0 saturated carbocycles. The highest BCUT2D eigenvalue weighted by Crippen LogP contribution is 2.14. The predicted molar refractivity (Wildman–Crippen MR) is 85.0 cm³/mol. The number of amides is 2. The van der Waals surface area contributed by atoms with Gasteiger partial charge in [0.25, 0.3) is 10.0 Å². The van der Waals surface area contributed by atoms with Gasteiger partial charge in [-0.05, 0) is 30.7 Å². The second-order valence-electron chi connectivity index (χ2n) is 4.97. The molecule has 2 N–H and O–H groups in total. The van der Waals surface area contributed by atoms with Crippen LogP contribution in [-0.2, 0) is 29.4 Å². The maximum Gasteiger partial charge on any atom is 0.264 e. The second kappa shape index (κ2) is 7.55. The molecule has 0 bridgehead atoms. The molecule has 0 heterocycles. The Bertz CT molecular complexity index is 782. The number of hydrogen-bond donors (Lipinski definition) is 2. The van der Waals surface area contributed by atoms with E-state index in [9.17, 15) is 26.4 Å². The van der Waals surface area contributed by atoms with E-state index in [0.717, 1.165) is 13.2 Å². The molecule has 0 fully saturated rings. The fraction of sp³-hybridized carbons (Fsp3) is 0.385. The molecule has 8 nitrogen and oxygen atoms in total. The fourth-order valence-corrected chi connectivity index (χ4v) is 3.34. The predicted octanol–water partition coefficient (Wildman–Crippen LogP) is 0.275. The van der Waals surface area contributed by atoms with E-state index in [0.29, 0.717) is 5.69 Å². The molecule has 0 aliphatic carbocycles. The van der Waals surface area contributed by atoms with Crippen LogP contribution >= 0.6 is 0 Å². The lowest BCUT2D eigenvalue weighted by atomic mass is 10.3. The van der Waals surface area contributed by atoms with Gasteiger partial charge in [0.05, 0.1) is 10.6 Å². The van der Waals surface area contributed by atoms with E-state index in [1.165, 1.54) is 24.3 Å². The molecular formula is C13H18N2O6S2. The first-order valence-corrected chi connectivity index (χ1v) is 10.1. The number of nitrogens with one attached hydrogen (secondary N) is 2. The van der Waals surface area contributed by atoms with Crippen LogP contribution in [-0.4, -0.2) is 40.7 Å². The zero-order valence-corrected chi connectivity index (χ0v) is 14.3. The smallest absolute Gasteiger partial charge is 0.264 e. The topological polar surface area (TPSA) is 126 Å². The monoisotopic (exact) mass is 362 g/mol. The Morgan fingerprint density at radius 3 is 2.09 bits per heavy atom. The molecular weight excluding hydrogens is 344 g/mol. The number of carbonyl (C=O) groups excluding carboxylic acids is 2. The summed E-state index contributed by atoms with van der Waals surface area (Å²) in [6.45, 7) is 1.09. The standard InChI is InChI=1S/C13H18N2O6S2/c1-10(16)15-23(20,21)12-7-5-11(6-8-12)14-13(17)4-3-9-22(2,18)19/h5-8H,3-4,9H2,1-2H3,(H,14,17)(H,15,16). The molecule has 0 atom stereocenters. The molecule has 1 aromatic rings. The van der Waals surface area contributed by atoms with E-state index in [2.05, 4.69) is 5.32 Å². The third-order valence-corrected chi connectivity index (χ3v) is 5.12. The normalized spacial score (nSPS) is 11.7. The van der Waals surface area contributed by atoms with Gasteiger partial charge in [-0.2, -0.15) is 0 Å². The van der Waals surface area contributed by atoms with Gasteiger partial charge in [-0.3, -0.25) is 9.59 Å². The summed E-state index contributed by atoms with van der Waals surface area (Å²) in [5, 5.41) is 2.53. The molecule has 0 aliphatic heterocycles. The van der Waals surface area contributed by atoms with E-state index < -0.39 is 25.8 Å². The Labute approximate surface area is 135 Å². The summed E-state index contributed by atoms with van der Waals surface area (Å²) in [5.74, 6) is -1.15. The highest BCUT2D eigenvalue weighted by molar-refractivity contribution is 7.90. The van der Waals surface area contributed by atoms with Crippen LogP contribution in [0.4, 0.5) is 5.69 Å². The van der Waals surface area contributed by atoms with Crippen LogP contribution in [0, 0.1) is 0 Å². The lowest BCUT2D eigenvalue weighted by Crippen LogP contribution is -2.28. The van der Waals surface area contributed by atoms with Crippen LogP contribution in [0.25, 0.3) is 0 Å². The molecule has 1 aromatic carbocycles. The van der Waals surface area contributed by atoms with Crippen LogP contribution in [0.1, 0.15) is 19.8 Å². The minimum atomic E-state index is -3.91. The summed E-state index contributed by atoms with van der Waals surface area (Å²) in [7, 11) is -7.02. The van der Waals surface area contributed by atoms with E-state index in [1.807, 2.05) is 4.72 Å². The summed E-state index contributed by atoms with van der Waals surface area (Å²) < 4.78 is 47.2. The average molecular weight is 362 g/mol. The highest BCUT2D eigenvalue weighted by atomic mass is 32.2. The third-order valence-electron chi connectivity index (χ3n) is 2.65. The molecule has 0 unspecified atom stereocenters. The lowest BCUT2D eigenvalue weighted by molar-refractivity contribution is -0.117. The van der Waals surface area contributed by atoms with E-state index in [1.54, 1.807) is 0 Å². The fourth-order valence-electron chi connectivity index (χ4n) is 1.68. The van der Waals surface area contributed by atoms with Crippen LogP contribution in [0.2, 0.25) is 0 Å². The van der Waals surface area contributed by atoms with Gasteiger partial charge < -0.3 is 5.32 Å². The van der Waals surface area contributed by atoms with Crippen molar-refractivity contribution in [3.63, 3.8) is 0 Å². The van der Waals surface area contributed by atoms with Gasteiger partial charge in [0.15, 0.2) is 0 Å². The molecule has 0 saturated heterocycles. The van der Waals surface area contributed by atoms with Crippen molar-refractivity contribution in [1.82, 2.24) is 4.72 Å². The molecule has 1 rings (SSSR count). The minimum Gasteiger partial charge on any atom is -0.326 e. The number of carbonyl (C=O) groups is 2. The third kappa shape index (κ3) is 7.24. The molecule has 23 heavy (non-hydrogen) atoms. The van der Waals surface area contributed by atoms with Crippen molar-refractivity contribution in [3.05, 3.63) is 24.3 Å². The number of sulfonamides is 1. The second-order valence-corrected chi connectivity index (χ2v) is 8.91. The summed E-state index contributed by atoms with van der Waals surface area (Å²) >= 11 is 0. The Morgan fingerprint density at radius 1 is 1.04 bits per heavy atom. The molecule has 0 aromatic heterocycles. The quantitative estimate of drug-likeness (QED) is 0.717. The summed E-state index contributed by atoms with van der Waals surface area (Å²) in [4.78, 5) is 22.4. The number of sulfone groups is 1. The lowest BCUT2D eigenvalue weighted by Gasteiger charge is -2.07. The molecule has 0 aliphatic rings. The molecule has 2 amide bonds. The van der Waals surface area contributed by atoms with Crippen molar-refractivity contribution in [2.45, 2.75) is 24.7 Å². The molecule has 128 valence electrons. The maximum atomic E-state index is 11.7. The molecule has 10 heteroatoms. The number of anilines is 1. The Balaban J connectivity index is 2.64. The summed E-state index contributed by atoms with van der Waals surface area (Å²) in [6, 6.07) is 5.25. The van der Waals surface area contributed by atoms with Gasteiger partial charge >= 0.3 is 0 Å². The van der Waals surface area contributed by atoms with Gasteiger partial charge in [-0.25, -0.2) is 21.6 Å². The number of hydrogen-bond acceptors (Lipinski definition) is 6. The van der Waals surface area contributed by atoms with Crippen LogP contribution < -0.4 is 10.0 Å². The zero-order chi connectivity index (χ0) is 17.7. The average Bonchev–Trinajstić information content (AvgIpc) is 2.36. The first kappa shape index (κ1) is 19.1. The Kier molecular flexibility index (Phi) is 6.28. The van der Waals surface area contributed by atoms with Crippen molar-refractivity contribution < 1.29 is 26.4 Å². The SMILES string of the molecule is CC(=O)NS(=O)(=O)c1ccc(NC(=O)CCCS(C)(=O)=O)cc1. The minimum absolute atomic E-state index is 0.0407. The first-order valence-electron chi connectivity index (χ1n) is 6.61. The highest BCUT2D eigenvalue weighted by Gasteiger charge is 2.15. The van der Waals surface area contributed by atoms with Crippen molar-refractivity contribution in [3.8, 4) is 0 Å². The van der Waals surface area contributed by atoms with Crippen molar-refractivity contribution in [2.24, 2.45) is 0 Å². The van der Waals surface area contributed by atoms with Gasteiger partial charge in [-0.15, -0.1) is 0 Å². The van der Waals surface area contributed by atoms with Gasteiger partial charge in [-0.1, -0.05) is 0 Å². The van der Waals surface area contributed by atoms with Crippen molar-refractivity contribution in [2.75, 3.05) is 17.3 Å². The Morgan fingerprint density at radius 2 is 1.61 bits per heavy atom. The van der Waals surface area contributed by atoms with Crippen molar-refractivity contribution in [1.29, 1.82) is 0 Å². The zero-order valence-electron chi connectivity index (χ0n) is 12.7. The Hall–Kier alpha value is -1.94. The van der Waals surface area contributed by atoms with Crippen LogP contribution in [0.3, 0.4) is 0 Å². The van der Waals surface area contributed by atoms with E-state index >= 15 is 0 Å². The summed E-state index contributed by atoms with van der Waals surface area (Å²) in [6.07, 6.45) is 1.35. The largest absolute Gasteiger partial charge is 0.326 e. The molecule has 0 radical (unpaired) electrons. The van der Waals surface area contributed by atoms with Crippen molar-refractivity contribution >= 4 is 37.4 Å². The van der Waals surface area contributed by atoms with Crippen LogP contribution in [0.5, 0.6) is 0 Å². The van der Waals surface area contributed by atoms with Gasteiger partial charge in [0.1, 0.15) is 9.84 Å². The first-order chi connectivity index (χ1) is 10.5. The van der Waals surface area contributed by atoms with E-state index in [-0.39, 0.29) is 29.4 Å².